The molecule has 0 aliphatic carbocycles. The lowest BCUT2D eigenvalue weighted by Gasteiger charge is -2.33. The van der Waals surface area contributed by atoms with E-state index in [1.165, 1.54) is 0 Å². The Labute approximate surface area is 182 Å². The third-order valence-electron chi connectivity index (χ3n) is 5.69. The highest BCUT2D eigenvalue weighted by Crippen LogP contribution is 2.24. The molecule has 2 aromatic rings. The number of amides is 2. The molecule has 2 aliphatic heterocycles. The van der Waals surface area contributed by atoms with E-state index in [-0.39, 0.29) is 36.9 Å². The molecular weight excluding hydrogens is 394 g/mol. The summed E-state index contributed by atoms with van der Waals surface area (Å²) in [6.07, 6.45) is 0.935. The summed E-state index contributed by atoms with van der Waals surface area (Å²) in [4.78, 5) is 27.1. The van der Waals surface area contributed by atoms with Crippen LogP contribution in [0.5, 0.6) is 11.5 Å². The van der Waals surface area contributed by atoms with Crippen LogP contribution in [0.3, 0.4) is 0 Å². The van der Waals surface area contributed by atoms with Crippen molar-refractivity contribution < 1.29 is 19.1 Å². The minimum Gasteiger partial charge on any atom is -0.457 e. The van der Waals surface area contributed by atoms with E-state index >= 15 is 0 Å². The van der Waals surface area contributed by atoms with Crippen molar-refractivity contribution in [2.75, 3.05) is 26.2 Å². The molecule has 0 aromatic heterocycles. The SMILES string of the molecule is CCN1CC(=O)N[C@H]2CNCC[C@@H]2OCc2cccc(c2)Oc2cccc(c2)CC1=O. The molecule has 2 N–H and O–H groups in total. The first-order valence-corrected chi connectivity index (χ1v) is 10.9. The van der Waals surface area contributed by atoms with Gasteiger partial charge in [-0.15, -0.1) is 0 Å². The van der Waals surface area contributed by atoms with E-state index < -0.39 is 0 Å². The average molecular weight is 424 g/mol. The van der Waals surface area contributed by atoms with Gasteiger partial charge in [0, 0.05) is 13.1 Å². The Balaban J connectivity index is 1.62. The molecule has 7 nitrogen and oxygen atoms in total. The number of likely N-dealkylation sites (N-methyl/N-ethyl adjacent to an activating group) is 1. The van der Waals surface area contributed by atoms with Crippen LogP contribution >= 0.6 is 0 Å². The Morgan fingerprint density at radius 3 is 2.58 bits per heavy atom. The van der Waals surface area contributed by atoms with Gasteiger partial charge in [0.15, 0.2) is 0 Å². The number of carbonyl (C=O) groups excluding carboxylic acids is 2. The predicted octanol–water partition coefficient (Wildman–Crippen LogP) is 2.25. The molecule has 31 heavy (non-hydrogen) atoms. The third kappa shape index (κ3) is 5.62. The lowest BCUT2D eigenvalue weighted by Crippen LogP contribution is -2.56. The zero-order chi connectivity index (χ0) is 21.6. The largest absolute Gasteiger partial charge is 0.457 e. The first kappa shape index (κ1) is 21.3. The van der Waals surface area contributed by atoms with E-state index in [1.54, 1.807) is 4.90 Å². The summed E-state index contributed by atoms with van der Waals surface area (Å²) in [7, 11) is 0. The second-order valence-corrected chi connectivity index (χ2v) is 8.00. The Kier molecular flexibility index (Phi) is 6.84. The van der Waals surface area contributed by atoms with Gasteiger partial charge in [-0.1, -0.05) is 24.3 Å². The quantitative estimate of drug-likeness (QED) is 0.736. The highest BCUT2D eigenvalue weighted by atomic mass is 16.5. The number of ether oxygens (including phenoxy) is 2. The Morgan fingerprint density at radius 2 is 1.81 bits per heavy atom. The molecule has 4 bridgehead atoms. The molecule has 4 rings (SSSR count). The van der Waals surface area contributed by atoms with Crippen LogP contribution in [0.2, 0.25) is 0 Å². The summed E-state index contributed by atoms with van der Waals surface area (Å²) in [6, 6.07) is 15.2. The topological polar surface area (TPSA) is 79.9 Å². The van der Waals surface area contributed by atoms with E-state index in [0.29, 0.717) is 25.4 Å². The smallest absolute Gasteiger partial charge is 0.239 e. The van der Waals surface area contributed by atoms with E-state index in [4.69, 9.17) is 9.47 Å². The first-order valence-electron chi connectivity index (χ1n) is 10.9. The average Bonchev–Trinajstić information content (AvgIpc) is 2.77. The third-order valence-corrected chi connectivity index (χ3v) is 5.69. The summed E-state index contributed by atoms with van der Waals surface area (Å²) in [5.74, 6) is 1.14. The fraction of sp³-hybridized carbons (Fsp3) is 0.417. The van der Waals surface area contributed by atoms with E-state index in [2.05, 4.69) is 10.6 Å². The minimum absolute atomic E-state index is 0.0372. The maximum Gasteiger partial charge on any atom is 0.239 e. The van der Waals surface area contributed by atoms with Gasteiger partial charge in [0.1, 0.15) is 11.5 Å². The predicted molar refractivity (Wildman–Crippen MR) is 117 cm³/mol. The van der Waals surface area contributed by atoms with E-state index in [1.807, 2.05) is 55.5 Å². The van der Waals surface area contributed by atoms with Crippen molar-refractivity contribution >= 4 is 11.8 Å². The van der Waals surface area contributed by atoms with Gasteiger partial charge in [-0.2, -0.15) is 0 Å². The molecule has 1 saturated heterocycles. The summed E-state index contributed by atoms with van der Waals surface area (Å²) < 4.78 is 12.2. The van der Waals surface area contributed by atoms with Crippen LogP contribution < -0.4 is 15.4 Å². The van der Waals surface area contributed by atoms with Crippen molar-refractivity contribution in [2.24, 2.45) is 0 Å². The van der Waals surface area contributed by atoms with Crippen LogP contribution in [0.25, 0.3) is 0 Å². The van der Waals surface area contributed by atoms with E-state index in [0.717, 1.165) is 29.8 Å². The number of hydrogen-bond acceptors (Lipinski definition) is 5. The van der Waals surface area contributed by atoms with Gasteiger partial charge in [0.05, 0.1) is 31.7 Å². The summed E-state index contributed by atoms with van der Waals surface area (Å²) in [6.45, 7) is 4.31. The van der Waals surface area contributed by atoms with Crippen LogP contribution in [-0.2, 0) is 27.4 Å². The maximum absolute atomic E-state index is 12.8. The summed E-state index contributed by atoms with van der Waals surface area (Å²) in [5, 5.41) is 6.38. The molecular formula is C24H29N3O4. The molecule has 0 saturated carbocycles. The van der Waals surface area contributed by atoms with Crippen molar-refractivity contribution in [1.82, 2.24) is 15.5 Å². The van der Waals surface area contributed by atoms with Crippen molar-refractivity contribution in [1.29, 1.82) is 0 Å². The lowest BCUT2D eigenvalue weighted by molar-refractivity contribution is -0.136. The van der Waals surface area contributed by atoms with E-state index in [9.17, 15) is 9.59 Å². The number of nitrogens with one attached hydrogen (secondary N) is 2. The Bertz CT molecular complexity index is 933. The van der Waals surface area contributed by atoms with Gasteiger partial charge in [-0.25, -0.2) is 0 Å². The standard InChI is InChI=1S/C24H29N3O4/c1-2-27-15-23(28)26-21-14-25-10-9-22(21)30-16-18-6-4-8-20(12-18)31-19-7-3-5-17(11-19)13-24(27)29/h3-8,11-12,21-22,25H,2,9-10,13-16H2,1H3,(H,26,28)/t21-,22-/m0/s1. The molecule has 2 aromatic carbocycles. The first-order chi connectivity index (χ1) is 15.1. The number of benzene rings is 2. The molecule has 164 valence electrons. The van der Waals surface area contributed by atoms with Crippen LogP contribution in [-0.4, -0.2) is 55.0 Å². The number of hydrogen-bond donors (Lipinski definition) is 2. The second-order valence-electron chi connectivity index (χ2n) is 8.00. The van der Waals surface area contributed by atoms with Crippen LogP contribution in [0, 0.1) is 0 Å². The van der Waals surface area contributed by atoms with Crippen LogP contribution in [0.15, 0.2) is 48.5 Å². The molecule has 7 heteroatoms. The molecule has 1 fully saturated rings. The molecule has 0 unspecified atom stereocenters. The summed E-state index contributed by atoms with van der Waals surface area (Å²) in [5.41, 5.74) is 1.86. The normalized spacial score (nSPS) is 22.7. The van der Waals surface area contributed by atoms with Crippen molar-refractivity contribution in [3.05, 3.63) is 59.7 Å². The van der Waals surface area contributed by atoms with Gasteiger partial charge in [-0.05, 0) is 55.3 Å². The highest BCUT2D eigenvalue weighted by molar-refractivity contribution is 5.86. The number of carbonyl (C=O) groups is 2. The van der Waals surface area contributed by atoms with Crippen molar-refractivity contribution in [3.8, 4) is 11.5 Å². The van der Waals surface area contributed by atoms with Gasteiger partial charge < -0.3 is 25.0 Å². The molecule has 0 spiro atoms. The summed E-state index contributed by atoms with van der Waals surface area (Å²) >= 11 is 0. The fourth-order valence-electron chi connectivity index (χ4n) is 4.02. The zero-order valence-electron chi connectivity index (χ0n) is 17.8. The molecule has 2 atom stereocenters. The lowest BCUT2D eigenvalue weighted by atomic mass is 10.0. The Hall–Kier alpha value is -2.90. The Morgan fingerprint density at radius 1 is 1.06 bits per heavy atom. The van der Waals surface area contributed by atoms with Crippen molar-refractivity contribution in [2.45, 2.75) is 38.5 Å². The van der Waals surface area contributed by atoms with Gasteiger partial charge in [0.2, 0.25) is 11.8 Å². The van der Waals surface area contributed by atoms with Gasteiger partial charge >= 0.3 is 0 Å². The highest BCUT2D eigenvalue weighted by Gasteiger charge is 2.28. The van der Waals surface area contributed by atoms with Crippen molar-refractivity contribution in [3.63, 3.8) is 0 Å². The van der Waals surface area contributed by atoms with Crippen LogP contribution in [0.4, 0.5) is 0 Å². The molecule has 0 radical (unpaired) electrons. The van der Waals surface area contributed by atoms with Crippen LogP contribution in [0.1, 0.15) is 24.5 Å². The second kappa shape index (κ2) is 9.94. The molecule has 2 aliphatic rings. The minimum atomic E-state index is -0.166. The van der Waals surface area contributed by atoms with Gasteiger partial charge in [-0.3, -0.25) is 9.59 Å². The molecule has 2 amide bonds. The van der Waals surface area contributed by atoms with Gasteiger partial charge in [0.25, 0.3) is 0 Å². The maximum atomic E-state index is 12.8. The number of rotatable bonds is 1. The number of piperidine rings is 1. The monoisotopic (exact) mass is 423 g/mol. The molecule has 2 heterocycles. The number of nitrogens with zero attached hydrogens (tertiary/aromatic N) is 1. The fourth-order valence-corrected chi connectivity index (χ4v) is 4.02. The zero-order valence-corrected chi connectivity index (χ0v) is 17.8. The number of fused-ring (bicyclic) bond motifs is 5.